The second-order valence-electron chi connectivity index (χ2n) is 39.8. The summed E-state index contributed by atoms with van der Waals surface area (Å²) in [6, 6.07) is -9.64. The van der Waals surface area contributed by atoms with Crippen LogP contribution in [-0.2, 0) is 105 Å². The minimum absolute atomic E-state index is 0.0433. The molecule has 0 aliphatic carbocycles. The van der Waals surface area contributed by atoms with Crippen LogP contribution in [0.25, 0.3) is 0 Å². The van der Waals surface area contributed by atoms with Crippen molar-refractivity contribution in [3.8, 4) is 0 Å². The van der Waals surface area contributed by atoms with Crippen LogP contribution in [0.15, 0.2) is 0 Å². The fourth-order valence-corrected chi connectivity index (χ4v) is 19.6. The van der Waals surface area contributed by atoms with Gasteiger partial charge >= 0.3 is 17.9 Å². The number of hydrogen-bond donors (Lipinski definition) is 31. The summed E-state index contributed by atoms with van der Waals surface area (Å²) in [6.45, 7) is -0.109. The van der Waals surface area contributed by atoms with Gasteiger partial charge < -0.3 is 226 Å². The monoisotopic (exact) mass is 2130 g/mol. The fourth-order valence-electron chi connectivity index (χ4n) is 19.6. The molecule has 7 heterocycles. The maximum Gasteiger partial charge on any atom is 0.364 e. The van der Waals surface area contributed by atoms with Crippen LogP contribution in [0.2, 0.25) is 0 Å². The highest BCUT2D eigenvalue weighted by atomic mass is 16.8. The van der Waals surface area contributed by atoms with E-state index in [-0.39, 0.29) is 12.8 Å². The minimum atomic E-state index is -3.68. The molecule has 854 valence electrons. The highest BCUT2D eigenvalue weighted by Gasteiger charge is 2.67. The van der Waals surface area contributed by atoms with Gasteiger partial charge in [-0.1, -0.05) is 168 Å². The van der Waals surface area contributed by atoms with E-state index in [4.69, 9.17) is 66.3 Å². The number of carbonyl (C=O) groups is 8. The van der Waals surface area contributed by atoms with E-state index in [1.807, 2.05) is 0 Å². The van der Waals surface area contributed by atoms with E-state index in [0.717, 1.165) is 105 Å². The van der Waals surface area contributed by atoms with Crippen molar-refractivity contribution in [1.82, 2.24) is 26.6 Å². The molecule has 0 saturated carbocycles. The summed E-state index contributed by atoms with van der Waals surface area (Å²) in [6.07, 6.45) is -56.4. The third kappa shape index (κ3) is 35.7. The highest BCUT2D eigenvalue weighted by molar-refractivity contribution is 5.79. The third-order valence-electron chi connectivity index (χ3n) is 27.7. The van der Waals surface area contributed by atoms with Crippen LogP contribution in [0.5, 0.6) is 0 Å². The number of carbonyl (C=O) groups excluding carboxylic acids is 5. The molecular formula is C94H165N5O48. The van der Waals surface area contributed by atoms with Gasteiger partial charge in [0.2, 0.25) is 29.5 Å². The first-order valence-corrected chi connectivity index (χ1v) is 51.1. The lowest BCUT2D eigenvalue weighted by Gasteiger charge is -2.53. The fraction of sp³-hybridized carbons (Fsp3) is 0.915. The molecule has 0 unspecified atom stereocenters. The van der Waals surface area contributed by atoms with E-state index in [1.165, 1.54) is 64.2 Å². The van der Waals surface area contributed by atoms with Gasteiger partial charge in [-0.3, -0.25) is 24.0 Å². The van der Waals surface area contributed by atoms with E-state index in [2.05, 4.69) is 47.4 Å². The molecule has 41 atom stereocenters. The Morgan fingerprint density at radius 1 is 0.361 bits per heavy atom. The number of aliphatic hydroxyl groups is 23. The van der Waals surface area contributed by atoms with Crippen molar-refractivity contribution in [2.75, 3.05) is 52.9 Å². The minimum Gasteiger partial charge on any atom is -0.477 e. The van der Waals surface area contributed by atoms with Gasteiger partial charge in [-0.25, -0.2) is 14.4 Å². The molecule has 5 amide bonds. The third-order valence-corrected chi connectivity index (χ3v) is 27.7. The first kappa shape index (κ1) is 128. The van der Waals surface area contributed by atoms with Crippen molar-refractivity contribution in [2.24, 2.45) is 5.92 Å². The van der Waals surface area contributed by atoms with Crippen LogP contribution >= 0.6 is 0 Å². The Hall–Kier alpha value is -5.72. The van der Waals surface area contributed by atoms with Crippen LogP contribution in [-0.4, -0.2) is 483 Å². The maximum absolute atomic E-state index is 14.3. The van der Waals surface area contributed by atoms with E-state index < -0.39 is 369 Å². The van der Waals surface area contributed by atoms with Crippen molar-refractivity contribution in [2.45, 2.75) is 484 Å². The Labute approximate surface area is 851 Å². The number of ether oxygens (including phenoxy) is 14. The first-order chi connectivity index (χ1) is 69.6. The van der Waals surface area contributed by atoms with E-state index >= 15 is 0 Å². The van der Waals surface area contributed by atoms with Crippen molar-refractivity contribution < 1.29 is 237 Å². The average Bonchev–Trinajstić information content (AvgIpc) is 0.669. The van der Waals surface area contributed by atoms with Crippen molar-refractivity contribution >= 4 is 47.4 Å². The lowest BCUT2D eigenvalue weighted by atomic mass is 9.87. The summed E-state index contributed by atoms with van der Waals surface area (Å²) in [4.78, 5) is 108. The summed E-state index contributed by atoms with van der Waals surface area (Å²) < 4.78 is 83.6. The molecule has 0 aromatic rings. The zero-order valence-electron chi connectivity index (χ0n) is 84.3. The molecule has 7 rings (SSSR count). The lowest BCUT2D eigenvalue weighted by Crippen LogP contribution is -2.73. The molecule has 7 fully saturated rings. The van der Waals surface area contributed by atoms with Crippen LogP contribution < -0.4 is 26.6 Å². The average molecular weight is 2130 g/mol. The Morgan fingerprint density at radius 3 is 1.12 bits per heavy atom. The molecule has 7 aliphatic rings. The van der Waals surface area contributed by atoms with Gasteiger partial charge in [0, 0.05) is 53.4 Å². The maximum atomic E-state index is 14.3. The molecule has 0 spiro atoms. The van der Waals surface area contributed by atoms with Crippen LogP contribution in [0.3, 0.4) is 0 Å². The summed E-state index contributed by atoms with van der Waals surface area (Å²) in [5.41, 5.74) is 0. The molecule has 0 aromatic heterocycles. The topological polar surface area (TPSA) is 852 Å². The van der Waals surface area contributed by atoms with Crippen LogP contribution in [0.1, 0.15) is 235 Å². The number of hydrogen-bond acceptors (Lipinski definition) is 45. The van der Waals surface area contributed by atoms with Gasteiger partial charge in [0.25, 0.3) is 17.4 Å². The predicted molar refractivity (Wildman–Crippen MR) is 498 cm³/mol. The quantitative estimate of drug-likeness (QED) is 0.0252. The molecular weight excluding hydrogens is 1970 g/mol. The molecule has 147 heavy (non-hydrogen) atoms. The summed E-state index contributed by atoms with van der Waals surface area (Å²) in [5, 5.41) is 309. The Balaban J connectivity index is 1.15. The molecule has 7 aliphatic heterocycles. The molecule has 0 aromatic carbocycles. The second kappa shape index (κ2) is 62.1. The number of aliphatic carboxylic acids is 3. The van der Waals surface area contributed by atoms with Crippen molar-refractivity contribution in [1.29, 1.82) is 0 Å². The smallest absolute Gasteiger partial charge is 0.364 e. The van der Waals surface area contributed by atoms with E-state index in [0.29, 0.717) is 18.8 Å². The molecule has 53 nitrogen and oxygen atoms in total. The Bertz CT molecular complexity index is 3900. The van der Waals surface area contributed by atoms with Gasteiger partial charge in [-0.2, -0.15) is 0 Å². The Morgan fingerprint density at radius 2 is 0.714 bits per heavy atom. The van der Waals surface area contributed by atoms with Gasteiger partial charge in [0.15, 0.2) is 25.2 Å². The number of aliphatic hydroxyl groups excluding tert-OH is 23. The number of carboxylic acids is 3. The van der Waals surface area contributed by atoms with Gasteiger partial charge in [0.1, 0.15) is 159 Å². The van der Waals surface area contributed by atoms with Crippen molar-refractivity contribution in [3.63, 3.8) is 0 Å². The zero-order valence-corrected chi connectivity index (χ0v) is 84.3. The number of unbranched alkanes of at least 4 members (excludes halogenated alkanes) is 21. The van der Waals surface area contributed by atoms with Gasteiger partial charge in [0.05, 0.1) is 101 Å². The van der Waals surface area contributed by atoms with E-state index in [1.54, 1.807) is 0 Å². The predicted octanol–water partition coefficient (Wildman–Crippen LogP) is -8.03. The summed E-state index contributed by atoms with van der Waals surface area (Å²) in [5.74, 6) is -22.0. The van der Waals surface area contributed by atoms with Crippen molar-refractivity contribution in [3.05, 3.63) is 0 Å². The standard InChI is InChI=1S/C94H165N5O48/c1-8-9-10-11-12-13-14-15-16-21-24-27-30-33-62(117)99-50(67(118)51(111)32-29-26-23-20-18-17-19-22-25-28-31-45(2)3)44-134-86-74(125)73(124)77(60(42-105)138-86)140-88-75(126)83(72(123)59(41-104)137-88)141-85-66(98-49(7)110)82(71(122)57(39-102)135-85)146-93(90(130)131)35-54(114)65(97-48(6)109)81(145-93)70(121)58(40-103)136-87-76(127)84(147-94(91(132)133)36-53(113)64(96-47(5)108)80(144-94)69(120)56(116)38-101)78(61(43-106)139-87)142-92(89(128)129)34-52(112)63(95-46(4)107)79(143-92)68(119)55(115)37-100/h45,50-61,63-88,100-106,111-116,118-127H,8-44H2,1-7H3,(H,95,107)(H,96,108)(H,97,109)(H,98,110)(H,99,117)(H,128,129)(H,130,131)(H,132,133)/t50-,51+,52-,53-,54-,55+,56+,57+,58+,59+,60+,61+,63+,64+,65+,66+,67-,68+,69+,70+,71-,72-,73+,74+,75+,76+,77+,78-,79+,80+,81+,82+,83-,84+,85-,86+,87+,88-,92+,93-,94-/m0/s1. The second-order valence-corrected chi connectivity index (χ2v) is 39.8. The zero-order chi connectivity index (χ0) is 109. The number of carboxylic acid groups (broad SMARTS) is 3. The first-order valence-electron chi connectivity index (χ1n) is 51.1. The number of rotatable bonds is 65. The molecule has 0 radical (unpaired) electrons. The Kier molecular flexibility index (Phi) is 54.2. The van der Waals surface area contributed by atoms with Gasteiger partial charge in [-0.05, 0) is 18.8 Å². The summed E-state index contributed by atoms with van der Waals surface area (Å²) >= 11 is 0. The lowest BCUT2D eigenvalue weighted by molar-refractivity contribution is -0.404. The molecule has 7 saturated heterocycles. The molecule has 31 N–H and O–H groups in total. The molecule has 0 bridgehead atoms. The SMILES string of the molecule is CCCCCCCCCCCCCCCC(=O)N[C@@H](CO[C@@H]1O[C@H](CO)[C@@H](O[C@@H]2O[C@H](CO)[C@H](O)[C@H](O[C@@H]3O[C@H](CO)[C@H](O)[C@H](O[C@]4(C(=O)O)C[C@H](O)[C@@H](NC(C)=O)[C@H]([C@H](O)[C@@H](CO)O[C@@H]5O[C@H](CO)[C@H](O[C@]6(C(=O)O)C[C@H](O)[C@@H](NC(C)=O)[C@H]([C@H](O)[C@H](O)CO)O6)[C@H](O[C@]6(C(=O)O)C[C@H](O)[C@@H](NC(C)=O)[C@H]([C@H](O)[C@H](O)CO)O6)[C@H]5O)O4)[C@H]3NC(C)=O)[C@H]2O)[C@H](O)[C@H]1O)[C@H](O)[C@H](O)CCCCCCCCCCCCC(C)C. The largest absolute Gasteiger partial charge is 0.477 e. The van der Waals surface area contributed by atoms with Gasteiger partial charge in [-0.15, -0.1) is 0 Å². The highest BCUT2D eigenvalue weighted by Crippen LogP contribution is 2.46. The normalized spacial score (nSPS) is 35.7. The number of nitrogens with one attached hydrogen (secondary N) is 5. The van der Waals surface area contributed by atoms with E-state index in [9.17, 15) is 171 Å². The van der Waals surface area contributed by atoms with Crippen LogP contribution in [0.4, 0.5) is 0 Å². The molecule has 53 heteroatoms. The number of amides is 5. The van der Waals surface area contributed by atoms with Crippen LogP contribution in [0, 0.1) is 5.92 Å². The summed E-state index contributed by atoms with van der Waals surface area (Å²) in [7, 11) is 0.